The maximum atomic E-state index is 13.4. The minimum atomic E-state index is -0.496. The second-order valence-corrected chi connectivity index (χ2v) is 13.0. The number of hydrogen-bond acceptors (Lipinski definition) is 7. The van der Waals surface area contributed by atoms with Crippen LogP contribution < -0.4 is 14.8 Å². The van der Waals surface area contributed by atoms with E-state index < -0.39 is 6.04 Å². The molecule has 0 amide bonds. The molecular formula is C31H26BrCl3N4O3S. The van der Waals surface area contributed by atoms with Crippen LogP contribution in [0, 0.1) is 0 Å². The van der Waals surface area contributed by atoms with Crippen molar-refractivity contribution in [3.63, 3.8) is 0 Å². The molecule has 0 fully saturated rings. The van der Waals surface area contributed by atoms with Gasteiger partial charge >= 0.3 is 0 Å². The van der Waals surface area contributed by atoms with Crippen LogP contribution in [-0.4, -0.2) is 27.2 Å². The van der Waals surface area contributed by atoms with Crippen molar-refractivity contribution in [2.75, 3.05) is 11.9 Å². The van der Waals surface area contributed by atoms with Gasteiger partial charge in [-0.2, -0.15) is 4.98 Å². The Labute approximate surface area is 277 Å². The van der Waals surface area contributed by atoms with Crippen LogP contribution in [0.4, 0.5) is 5.95 Å². The molecule has 12 heteroatoms. The molecule has 0 saturated heterocycles. The summed E-state index contributed by atoms with van der Waals surface area (Å²) in [5.74, 6) is 2.32. The van der Waals surface area contributed by atoms with Gasteiger partial charge in [0.2, 0.25) is 11.1 Å². The fourth-order valence-corrected chi connectivity index (χ4v) is 7.42. The average molecular weight is 721 g/mol. The number of allylic oxidation sites excluding steroid dienone is 2. The molecule has 0 bridgehead atoms. The minimum absolute atomic E-state index is 0.0907. The van der Waals surface area contributed by atoms with Crippen molar-refractivity contribution in [2.24, 2.45) is 0 Å². The Balaban J connectivity index is 1.37. The standard InChI is InChI=1S/C31H26BrCl3N4O3S/c1-2-41-26-14-18(13-20(32)29(26)42-15-19-22(34)9-5-10-23(19)35)28-27-24(11-6-12-25(27)40)36-30-37-31(38-39(28)30)43-16-17-7-3-4-8-21(17)33/h3-5,7-10,13-14,28H,2,6,11-12,15-16H2,1H3,(H,36,37,38). The Kier molecular flexibility index (Phi) is 9.26. The van der Waals surface area contributed by atoms with Crippen molar-refractivity contribution in [1.29, 1.82) is 0 Å². The zero-order chi connectivity index (χ0) is 30.1. The number of Topliss-reactive ketones (excluding diaryl/α,β-unsaturated/α-hetero) is 1. The summed E-state index contributed by atoms with van der Waals surface area (Å²) >= 11 is 24.3. The minimum Gasteiger partial charge on any atom is -0.490 e. The molecule has 4 aromatic rings. The molecule has 2 heterocycles. The quantitative estimate of drug-likeness (QED) is 0.173. The smallest absolute Gasteiger partial charge is 0.227 e. The number of hydrogen-bond donors (Lipinski definition) is 1. The van der Waals surface area contributed by atoms with E-state index in [-0.39, 0.29) is 12.4 Å². The third-order valence-corrected chi connectivity index (χ3v) is 9.79. The van der Waals surface area contributed by atoms with Gasteiger partial charge in [-0.3, -0.25) is 4.79 Å². The number of fused-ring (bicyclic) bond motifs is 1. The SMILES string of the molecule is CCOc1cc(C2C3=C(CCCC3=O)Nc3nc(SCc4ccccc4Cl)nn32)cc(Br)c1OCc1c(Cl)cccc1Cl. The molecule has 0 radical (unpaired) electrons. The first-order valence-electron chi connectivity index (χ1n) is 13.7. The van der Waals surface area contributed by atoms with Gasteiger partial charge in [-0.05, 0) is 77.2 Å². The lowest BCUT2D eigenvalue weighted by Crippen LogP contribution is -2.31. The summed E-state index contributed by atoms with van der Waals surface area (Å²) in [6.07, 6.45) is 2.02. The van der Waals surface area contributed by atoms with Gasteiger partial charge in [-0.15, -0.1) is 5.10 Å². The highest BCUT2D eigenvalue weighted by Gasteiger charge is 2.37. The Hall–Kier alpha value is -2.69. The van der Waals surface area contributed by atoms with Crippen LogP contribution in [0.1, 0.15) is 48.9 Å². The number of carbonyl (C=O) groups excluding carboxylic acids is 1. The predicted octanol–water partition coefficient (Wildman–Crippen LogP) is 9.29. The van der Waals surface area contributed by atoms with E-state index in [1.54, 1.807) is 22.9 Å². The highest BCUT2D eigenvalue weighted by Crippen LogP contribution is 2.45. The first-order valence-corrected chi connectivity index (χ1v) is 16.6. The summed E-state index contributed by atoms with van der Waals surface area (Å²) in [4.78, 5) is 18.2. The van der Waals surface area contributed by atoms with Crippen molar-refractivity contribution in [3.8, 4) is 11.5 Å². The number of nitrogens with zero attached hydrogens (tertiary/aromatic N) is 3. The zero-order valence-corrected chi connectivity index (χ0v) is 27.7. The largest absolute Gasteiger partial charge is 0.490 e. The molecule has 7 nitrogen and oxygen atoms in total. The number of halogens is 4. The number of thioether (sulfide) groups is 1. The average Bonchev–Trinajstić information content (AvgIpc) is 3.39. The third-order valence-electron chi connectivity index (χ3n) is 7.23. The van der Waals surface area contributed by atoms with Crippen molar-refractivity contribution < 1.29 is 14.3 Å². The second-order valence-electron chi connectivity index (χ2n) is 9.99. The predicted molar refractivity (Wildman–Crippen MR) is 175 cm³/mol. The summed E-state index contributed by atoms with van der Waals surface area (Å²) in [6.45, 7) is 2.47. The van der Waals surface area contributed by atoms with Gasteiger partial charge in [0.1, 0.15) is 12.6 Å². The lowest BCUT2D eigenvalue weighted by Gasteiger charge is -2.32. The van der Waals surface area contributed by atoms with Crippen LogP contribution in [0.25, 0.3) is 0 Å². The summed E-state index contributed by atoms with van der Waals surface area (Å²) in [5.41, 5.74) is 4.07. The van der Waals surface area contributed by atoms with Crippen LogP contribution in [0.15, 0.2) is 75.5 Å². The molecule has 1 aliphatic carbocycles. The molecule has 1 aromatic heterocycles. The Morgan fingerprint density at radius 2 is 1.81 bits per heavy atom. The molecule has 43 heavy (non-hydrogen) atoms. The summed E-state index contributed by atoms with van der Waals surface area (Å²) in [6, 6.07) is 16.4. The maximum Gasteiger partial charge on any atom is 0.227 e. The van der Waals surface area contributed by atoms with Gasteiger partial charge in [0.25, 0.3) is 0 Å². The third kappa shape index (κ3) is 6.28. The molecule has 1 N–H and O–H groups in total. The topological polar surface area (TPSA) is 78.3 Å². The van der Waals surface area contributed by atoms with Gasteiger partial charge in [0.15, 0.2) is 17.3 Å². The summed E-state index contributed by atoms with van der Waals surface area (Å²) in [7, 11) is 0. The van der Waals surface area contributed by atoms with Crippen LogP contribution in [0.2, 0.25) is 15.1 Å². The summed E-state index contributed by atoms with van der Waals surface area (Å²) < 4.78 is 14.7. The number of benzene rings is 3. The Morgan fingerprint density at radius 1 is 1.05 bits per heavy atom. The van der Waals surface area contributed by atoms with E-state index in [1.165, 1.54) is 11.8 Å². The number of ether oxygens (including phenoxy) is 2. The Morgan fingerprint density at radius 3 is 2.58 bits per heavy atom. The number of ketones is 1. The van der Waals surface area contributed by atoms with Crippen molar-refractivity contribution in [2.45, 2.75) is 49.7 Å². The number of aromatic nitrogens is 3. The van der Waals surface area contributed by atoms with E-state index in [4.69, 9.17) is 54.4 Å². The first-order chi connectivity index (χ1) is 20.8. The monoisotopic (exact) mass is 718 g/mol. The lowest BCUT2D eigenvalue weighted by atomic mass is 9.85. The van der Waals surface area contributed by atoms with Gasteiger partial charge in [0.05, 0.1) is 11.1 Å². The highest BCUT2D eigenvalue weighted by atomic mass is 79.9. The van der Waals surface area contributed by atoms with Crippen LogP contribution in [-0.2, 0) is 17.2 Å². The number of carbonyl (C=O) groups is 1. The lowest BCUT2D eigenvalue weighted by molar-refractivity contribution is -0.116. The molecule has 0 saturated carbocycles. The molecule has 1 atom stereocenters. The van der Waals surface area contributed by atoms with Gasteiger partial charge < -0.3 is 14.8 Å². The van der Waals surface area contributed by atoms with Crippen LogP contribution in [0.3, 0.4) is 0 Å². The first kappa shape index (κ1) is 30.3. The molecule has 1 aliphatic heterocycles. The second kappa shape index (κ2) is 13.1. The summed E-state index contributed by atoms with van der Waals surface area (Å²) in [5, 5.41) is 10.6. The fourth-order valence-electron chi connectivity index (χ4n) is 5.23. The number of anilines is 1. The van der Waals surface area contributed by atoms with E-state index in [0.717, 1.165) is 29.7 Å². The molecule has 6 rings (SSSR count). The molecule has 2 aliphatic rings. The van der Waals surface area contributed by atoms with Gasteiger partial charge in [0, 0.05) is 44.1 Å². The highest BCUT2D eigenvalue weighted by molar-refractivity contribution is 9.10. The molecule has 3 aromatic carbocycles. The normalized spacial score (nSPS) is 16.0. The molecule has 0 spiro atoms. The van der Waals surface area contributed by atoms with Crippen molar-refractivity contribution >= 4 is 74.2 Å². The zero-order valence-electron chi connectivity index (χ0n) is 23.0. The molecule has 1 unspecified atom stereocenters. The van der Waals surface area contributed by atoms with E-state index in [0.29, 0.717) is 72.1 Å². The van der Waals surface area contributed by atoms with Crippen LogP contribution in [0.5, 0.6) is 11.5 Å². The fraction of sp³-hybridized carbons (Fsp3) is 0.258. The van der Waals surface area contributed by atoms with E-state index in [9.17, 15) is 4.79 Å². The van der Waals surface area contributed by atoms with Crippen molar-refractivity contribution in [1.82, 2.24) is 14.8 Å². The van der Waals surface area contributed by atoms with E-state index in [2.05, 4.69) is 21.2 Å². The van der Waals surface area contributed by atoms with Crippen molar-refractivity contribution in [3.05, 3.63) is 102 Å². The van der Waals surface area contributed by atoms with Gasteiger partial charge in [-0.25, -0.2) is 4.68 Å². The van der Waals surface area contributed by atoms with Gasteiger partial charge in [-0.1, -0.05) is 70.8 Å². The van der Waals surface area contributed by atoms with E-state index in [1.807, 2.05) is 43.3 Å². The molecular weight excluding hydrogens is 695 g/mol. The Bertz CT molecular complexity index is 1730. The number of rotatable bonds is 9. The number of nitrogens with one attached hydrogen (secondary N) is 1. The van der Waals surface area contributed by atoms with Crippen LogP contribution >= 0.6 is 62.5 Å². The molecule has 222 valence electrons. The van der Waals surface area contributed by atoms with E-state index >= 15 is 0 Å². The maximum absolute atomic E-state index is 13.4.